The van der Waals surface area contributed by atoms with Crippen LogP contribution >= 0.6 is 11.3 Å². The summed E-state index contributed by atoms with van der Waals surface area (Å²) in [4.78, 5) is 1.13. The van der Waals surface area contributed by atoms with Crippen molar-refractivity contribution in [2.75, 3.05) is 6.61 Å². The van der Waals surface area contributed by atoms with Crippen LogP contribution in [0.5, 0.6) is 0 Å². The van der Waals surface area contributed by atoms with Crippen molar-refractivity contribution in [2.24, 2.45) is 0 Å². The highest BCUT2D eigenvalue weighted by Gasteiger charge is 2.04. The largest absolute Gasteiger partial charge is 0.395 e. The molecule has 14 heavy (non-hydrogen) atoms. The summed E-state index contributed by atoms with van der Waals surface area (Å²) in [7, 11) is 0. The molecule has 0 fully saturated rings. The first-order chi connectivity index (χ1) is 6.80. The Morgan fingerprint density at radius 2 is 2.50 bits per heavy atom. The fraction of sp³-hybridized carbons (Fsp3) is 0.500. The zero-order chi connectivity index (χ0) is 10.4. The number of hydrogen-bond acceptors (Lipinski definition) is 4. The minimum absolute atomic E-state index is 0.155. The van der Waals surface area contributed by atoms with E-state index < -0.39 is 0 Å². The molecule has 76 valence electrons. The van der Waals surface area contributed by atoms with Crippen LogP contribution in [0.15, 0.2) is 11.4 Å². The van der Waals surface area contributed by atoms with E-state index in [4.69, 9.17) is 10.4 Å². The number of rotatable bonds is 5. The monoisotopic (exact) mass is 210 g/mol. The molecule has 1 aromatic heterocycles. The molecule has 0 bridgehead atoms. The number of hydrogen-bond donors (Lipinski definition) is 2. The van der Waals surface area contributed by atoms with Crippen molar-refractivity contribution < 1.29 is 5.11 Å². The minimum atomic E-state index is 0.155. The van der Waals surface area contributed by atoms with Gasteiger partial charge < -0.3 is 10.4 Å². The fourth-order valence-corrected chi connectivity index (χ4v) is 1.88. The Labute approximate surface area is 88.0 Å². The molecule has 0 aliphatic heterocycles. The topological polar surface area (TPSA) is 56.0 Å². The summed E-state index contributed by atoms with van der Waals surface area (Å²) in [6.45, 7) is 2.92. The Morgan fingerprint density at radius 3 is 3.00 bits per heavy atom. The normalized spacial score (nSPS) is 12.4. The predicted molar refractivity (Wildman–Crippen MR) is 57.0 cm³/mol. The van der Waals surface area contributed by atoms with E-state index >= 15 is 0 Å². The van der Waals surface area contributed by atoms with E-state index in [-0.39, 0.29) is 12.6 Å². The first-order valence-corrected chi connectivity index (χ1v) is 5.49. The van der Waals surface area contributed by atoms with E-state index in [1.807, 2.05) is 18.4 Å². The average molecular weight is 210 g/mol. The zero-order valence-corrected chi connectivity index (χ0v) is 8.97. The smallest absolute Gasteiger partial charge is 0.100 e. The third kappa shape index (κ3) is 3.11. The summed E-state index contributed by atoms with van der Waals surface area (Å²) in [5.74, 6) is 0. The van der Waals surface area contributed by atoms with Gasteiger partial charge in [0.25, 0.3) is 0 Å². The first-order valence-electron chi connectivity index (χ1n) is 4.62. The van der Waals surface area contributed by atoms with E-state index in [1.165, 1.54) is 0 Å². The lowest BCUT2D eigenvalue weighted by molar-refractivity contribution is 0.238. The number of nitrogens with one attached hydrogen (secondary N) is 1. The fourth-order valence-electron chi connectivity index (χ4n) is 1.11. The molecule has 0 saturated heterocycles. The van der Waals surface area contributed by atoms with Crippen LogP contribution in [0.1, 0.15) is 23.8 Å². The maximum Gasteiger partial charge on any atom is 0.100 e. The third-order valence-electron chi connectivity index (χ3n) is 2.06. The van der Waals surface area contributed by atoms with Gasteiger partial charge in [-0.2, -0.15) is 5.26 Å². The maximum absolute atomic E-state index is 8.94. The van der Waals surface area contributed by atoms with Gasteiger partial charge in [-0.05, 0) is 12.5 Å². The number of nitriles is 1. The van der Waals surface area contributed by atoms with Crippen LogP contribution in [0, 0.1) is 11.3 Å². The van der Waals surface area contributed by atoms with E-state index in [2.05, 4.69) is 11.4 Å². The predicted octanol–water partition coefficient (Wildman–Crippen LogP) is 1.48. The molecule has 1 heterocycles. The van der Waals surface area contributed by atoms with Crippen LogP contribution in [-0.4, -0.2) is 17.8 Å². The Balaban J connectivity index is 2.41. The van der Waals surface area contributed by atoms with Gasteiger partial charge in [-0.25, -0.2) is 0 Å². The molecule has 3 nitrogen and oxygen atoms in total. The van der Waals surface area contributed by atoms with Gasteiger partial charge in [-0.1, -0.05) is 6.92 Å². The SMILES string of the molecule is CC[C@@H](CO)NCc1cc(C#N)cs1. The molecule has 0 unspecified atom stereocenters. The van der Waals surface area contributed by atoms with Gasteiger partial charge in [-0.15, -0.1) is 11.3 Å². The van der Waals surface area contributed by atoms with Crippen LogP contribution in [-0.2, 0) is 6.54 Å². The van der Waals surface area contributed by atoms with Crippen molar-refractivity contribution in [2.45, 2.75) is 25.9 Å². The molecular formula is C10H14N2OS. The lowest BCUT2D eigenvalue weighted by atomic mass is 10.2. The number of thiophene rings is 1. The van der Waals surface area contributed by atoms with Crippen LogP contribution in [0.4, 0.5) is 0 Å². The molecular weight excluding hydrogens is 196 g/mol. The quantitative estimate of drug-likeness (QED) is 0.774. The second kappa shape index (κ2) is 5.76. The van der Waals surface area contributed by atoms with Gasteiger partial charge in [-0.3, -0.25) is 0 Å². The molecule has 0 aromatic carbocycles. The van der Waals surface area contributed by atoms with Crippen molar-refractivity contribution in [1.82, 2.24) is 5.32 Å². The van der Waals surface area contributed by atoms with Crippen molar-refractivity contribution in [3.8, 4) is 6.07 Å². The summed E-state index contributed by atoms with van der Waals surface area (Å²) in [6, 6.07) is 4.13. The molecule has 4 heteroatoms. The van der Waals surface area contributed by atoms with Gasteiger partial charge in [0.1, 0.15) is 6.07 Å². The highest BCUT2D eigenvalue weighted by molar-refractivity contribution is 7.10. The summed E-state index contributed by atoms with van der Waals surface area (Å²) in [6.07, 6.45) is 0.910. The van der Waals surface area contributed by atoms with Crippen LogP contribution in [0.25, 0.3) is 0 Å². The molecule has 0 aliphatic carbocycles. The summed E-state index contributed by atoms with van der Waals surface area (Å²) >= 11 is 1.57. The summed E-state index contributed by atoms with van der Waals surface area (Å²) in [5, 5.41) is 22.6. The lowest BCUT2D eigenvalue weighted by Gasteiger charge is -2.12. The Kier molecular flexibility index (Phi) is 4.60. The highest BCUT2D eigenvalue weighted by Crippen LogP contribution is 2.13. The summed E-state index contributed by atoms with van der Waals surface area (Å²) < 4.78 is 0. The zero-order valence-electron chi connectivity index (χ0n) is 8.16. The van der Waals surface area contributed by atoms with Crippen LogP contribution in [0.3, 0.4) is 0 Å². The van der Waals surface area contributed by atoms with Crippen molar-refractivity contribution in [1.29, 1.82) is 5.26 Å². The Hall–Kier alpha value is -0.890. The number of nitrogens with zero attached hydrogens (tertiary/aromatic N) is 1. The molecule has 0 radical (unpaired) electrons. The standard InChI is InChI=1S/C10H14N2OS/c1-2-9(6-13)12-5-10-3-8(4-11)7-14-10/h3,7,9,12-13H,2,5-6H2,1H3/t9-/m0/s1. The molecule has 0 saturated carbocycles. The lowest BCUT2D eigenvalue weighted by Crippen LogP contribution is -2.30. The molecule has 1 rings (SSSR count). The molecule has 0 amide bonds. The van der Waals surface area contributed by atoms with Gasteiger partial charge >= 0.3 is 0 Å². The van der Waals surface area contributed by atoms with Gasteiger partial charge in [0.15, 0.2) is 0 Å². The van der Waals surface area contributed by atoms with Crippen molar-refractivity contribution in [3.63, 3.8) is 0 Å². The average Bonchev–Trinajstić information content (AvgIpc) is 2.67. The number of aliphatic hydroxyl groups excluding tert-OH is 1. The van der Waals surface area contributed by atoms with Gasteiger partial charge in [0.2, 0.25) is 0 Å². The number of aliphatic hydroxyl groups is 1. The van der Waals surface area contributed by atoms with Gasteiger partial charge in [0, 0.05) is 22.8 Å². The highest BCUT2D eigenvalue weighted by atomic mass is 32.1. The second-order valence-corrected chi connectivity index (χ2v) is 4.08. The minimum Gasteiger partial charge on any atom is -0.395 e. The first kappa shape index (κ1) is 11.2. The van der Waals surface area contributed by atoms with E-state index in [0.29, 0.717) is 5.56 Å². The van der Waals surface area contributed by atoms with E-state index in [0.717, 1.165) is 17.8 Å². The molecule has 0 spiro atoms. The van der Waals surface area contributed by atoms with Crippen LogP contribution in [0.2, 0.25) is 0 Å². The third-order valence-corrected chi connectivity index (χ3v) is 3.00. The Bertz CT molecular complexity index is 312. The molecule has 0 aliphatic rings. The van der Waals surface area contributed by atoms with Gasteiger partial charge in [0.05, 0.1) is 12.2 Å². The van der Waals surface area contributed by atoms with Crippen molar-refractivity contribution >= 4 is 11.3 Å². The molecule has 1 atom stereocenters. The van der Waals surface area contributed by atoms with Crippen LogP contribution < -0.4 is 5.32 Å². The molecule has 2 N–H and O–H groups in total. The summed E-state index contributed by atoms with van der Waals surface area (Å²) in [5.41, 5.74) is 0.712. The van der Waals surface area contributed by atoms with E-state index in [9.17, 15) is 0 Å². The molecule has 1 aromatic rings. The maximum atomic E-state index is 8.94. The van der Waals surface area contributed by atoms with Crippen molar-refractivity contribution in [3.05, 3.63) is 21.9 Å². The Morgan fingerprint density at radius 1 is 1.71 bits per heavy atom. The van der Waals surface area contributed by atoms with E-state index in [1.54, 1.807) is 11.3 Å². The second-order valence-electron chi connectivity index (χ2n) is 3.08.